The molecule has 17 heavy (non-hydrogen) atoms. The molecule has 0 amide bonds. The zero-order valence-corrected chi connectivity index (χ0v) is 10.6. The van der Waals surface area contributed by atoms with Gasteiger partial charge in [-0.25, -0.2) is 0 Å². The van der Waals surface area contributed by atoms with Crippen LogP contribution in [0.5, 0.6) is 0 Å². The molecule has 0 aliphatic carbocycles. The highest BCUT2D eigenvalue weighted by molar-refractivity contribution is 6.30. The van der Waals surface area contributed by atoms with E-state index in [-0.39, 0.29) is 11.9 Å². The van der Waals surface area contributed by atoms with Crippen molar-refractivity contribution in [1.82, 2.24) is 0 Å². The van der Waals surface area contributed by atoms with E-state index in [4.69, 9.17) is 16.3 Å². The molecule has 0 radical (unpaired) electrons. The fourth-order valence-electron chi connectivity index (χ4n) is 2.11. The van der Waals surface area contributed by atoms with Crippen molar-refractivity contribution in [1.29, 1.82) is 0 Å². The molecule has 0 aromatic heterocycles. The zero-order valence-electron chi connectivity index (χ0n) is 9.82. The van der Waals surface area contributed by atoms with Crippen LogP contribution in [0.4, 0.5) is 0 Å². The SMILES string of the molecule is O=C(CCC1CCCCO1)c1ccc(Cl)cc1. The van der Waals surface area contributed by atoms with Gasteiger partial charge in [0.1, 0.15) is 0 Å². The topological polar surface area (TPSA) is 26.3 Å². The van der Waals surface area contributed by atoms with Gasteiger partial charge in [-0.1, -0.05) is 11.6 Å². The van der Waals surface area contributed by atoms with Gasteiger partial charge in [0.25, 0.3) is 0 Å². The lowest BCUT2D eigenvalue weighted by molar-refractivity contribution is 0.0104. The number of rotatable bonds is 4. The second-order valence-electron chi connectivity index (χ2n) is 4.46. The minimum Gasteiger partial charge on any atom is -0.378 e. The van der Waals surface area contributed by atoms with Gasteiger partial charge < -0.3 is 4.74 Å². The van der Waals surface area contributed by atoms with E-state index in [9.17, 15) is 4.79 Å². The summed E-state index contributed by atoms with van der Waals surface area (Å²) < 4.78 is 5.61. The molecular formula is C14H17ClO2. The van der Waals surface area contributed by atoms with Gasteiger partial charge in [-0.15, -0.1) is 0 Å². The highest BCUT2D eigenvalue weighted by Gasteiger charge is 2.15. The number of halogens is 1. The largest absolute Gasteiger partial charge is 0.378 e. The number of hydrogen-bond donors (Lipinski definition) is 0. The van der Waals surface area contributed by atoms with Gasteiger partial charge in [0.15, 0.2) is 5.78 Å². The highest BCUT2D eigenvalue weighted by atomic mass is 35.5. The normalized spacial score (nSPS) is 20.2. The monoisotopic (exact) mass is 252 g/mol. The first-order valence-corrected chi connectivity index (χ1v) is 6.54. The Labute approximate surface area is 107 Å². The summed E-state index contributed by atoms with van der Waals surface area (Å²) in [6.45, 7) is 0.847. The predicted molar refractivity (Wildman–Crippen MR) is 68.6 cm³/mol. The second-order valence-corrected chi connectivity index (χ2v) is 4.89. The molecule has 1 saturated heterocycles. The quantitative estimate of drug-likeness (QED) is 0.761. The van der Waals surface area contributed by atoms with Crippen molar-refractivity contribution >= 4 is 17.4 Å². The Kier molecular flexibility index (Phi) is 4.57. The molecule has 1 heterocycles. The van der Waals surface area contributed by atoms with Crippen LogP contribution in [0.2, 0.25) is 5.02 Å². The van der Waals surface area contributed by atoms with E-state index in [0.717, 1.165) is 31.4 Å². The molecule has 1 aromatic carbocycles. The van der Waals surface area contributed by atoms with E-state index in [1.807, 2.05) is 0 Å². The number of Topliss-reactive ketones (excluding diaryl/α,β-unsaturated/α-hetero) is 1. The minimum atomic E-state index is 0.177. The number of carbonyl (C=O) groups excluding carboxylic acids is 1. The van der Waals surface area contributed by atoms with Crippen LogP contribution in [0.25, 0.3) is 0 Å². The van der Waals surface area contributed by atoms with Gasteiger partial charge in [0.2, 0.25) is 0 Å². The number of ether oxygens (including phenoxy) is 1. The Morgan fingerprint density at radius 2 is 2.06 bits per heavy atom. The fourth-order valence-corrected chi connectivity index (χ4v) is 2.23. The molecule has 1 aromatic rings. The highest BCUT2D eigenvalue weighted by Crippen LogP contribution is 2.19. The van der Waals surface area contributed by atoms with E-state index in [2.05, 4.69) is 0 Å². The van der Waals surface area contributed by atoms with E-state index >= 15 is 0 Å². The molecular weight excluding hydrogens is 236 g/mol. The van der Waals surface area contributed by atoms with Crippen LogP contribution in [0.15, 0.2) is 24.3 Å². The van der Waals surface area contributed by atoms with Crippen LogP contribution in [0, 0.1) is 0 Å². The molecule has 2 rings (SSSR count). The summed E-state index contributed by atoms with van der Waals surface area (Å²) in [5.74, 6) is 0.177. The molecule has 1 atom stereocenters. The van der Waals surface area contributed by atoms with Crippen LogP contribution in [-0.2, 0) is 4.74 Å². The third kappa shape index (κ3) is 3.83. The molecule has 92 valence electrons. The smallest absolute Gasteiger partial charge is 0.162 e. The average Bonchev–Trinajstić information content (AvgIpc) is 2.38. The van der Waals surface area contributed by atoms with Crippen molar-refractivity contribution in [3.63, 3.8) is 0 Å². The average molecular weight is 253 g/mol. The summed E-state index contributed by atoms with van der Waals surface area (Å²) in [7, 11) is 0. The van der Waals surface area contributed by atoms with Gasteiger partial charge in [-0.2, -0.15) is 0 Å². The van der Waals surface area contributed by atoms with Crippen LogP contribution in [0.3, 0.4) is 0 Å². The number of benzene rings is 1. The van der Waals surface area contributed by atoms with Crippen LogP contribution in [0.1, 0.15) is 42.5 Å². The molecule has 2 nitrogen and oxygen atoms in total. The van der Waals surface area contributed by atoms with Gasteiger partial charge in [0, 0.05) is 23.6 Å². The zero-order chi connectivity index (χ0) is 12.1. The minimum absolute atomic E-state index is 0.177. The van der Waals surface area contributed by atoms with Crippen LogP contribution >= 0.6 is 11.6 Å². The number of ketones is 1. The van der Waals surface area contributed by atoms with E-state index < -0.39 is 0 Å². The first-order chi connectivity index (χ1) is 8.25. The second kappa shape index (κ2) is 6.18. The molecule has 0 bridgehead atoms. The van der Waals surface area contributed by atoms with Crippen molar-refractivity contribution in [3.05, 3.63) is 34.9 Å². The van der Waals surface area contributed by atoms with Gasteiger partial charge in [0.05, 0.1) is 6.10 Å². The first-order valence-electron chi connectivity index (χ1n) is 6.16. The van der Waals surface area contributed by atoms with Crippen molar-refractivity contribution in [3.8, 4) is 0 Å². The summed E-state index contributed by atoms with van der Waals surface area (Å²) in [5, 5.41) is 0.664. The lowest BCUT2D eigenvalue weighted by Crippen LogP contribution is -2.20. The van der Waals surface area contributed by atoms with Gasteiger partial charge in [-0.3, -0.25) is 4.79 Å². The summed E-state index contributed by atoms with van der Waals surface area (Å²) in [6, 6.07) is 7.08. The van der Waals surface area contributed by atoms with Crippen molar-refractivity contribution in [2.45, 2.75) is 38.2 Å². The van der Waals surface area contributed by atoms with E-state index in [1.165, 1.54) is 6.42 Å². The lowest BCUT2D eigenvalue weighted by Gasteiger charge is -2.22. The maximum atomic E-state index is 11.9. The molecule has 0 saturated carbocycles. The Morgan fingerprint density at radius 3 is 2.71 bits per heavy atom. The number of carbonyl (C=O) groups is 1. The van der Waals surface area contributed by atoms with Crippen LogP contribution < -0.4 is 0 Å². The third-order valence-electron chi connectivity index (χ3n) is 3.13. The summed E-state index contributed by atoms with van der Waals surface area (Å²) in [6.07, 6.45) is 5.14. The van der Waals surface area contributed by atoms with E-state index in [0.29, 0.717) is 11.4 Å². The third-order valence-corrected chi connectivity index (χ3v) is 3.39. The fraction of sp³-hybridized carbons (Fsp3) is 0.500. The van der Waals surface area contributed by atoms with Gasteiger partial charge >= 0.3 is 0 Å². The Morgan fingerprint density at radius 1 is 1.29 bits per heavy atom. The van der Waals surface area contributed by atoms with Crippen LogP contribution in [-0.4, -0.2) is 18.5 Å². The molecule has 1 aliphatic rings. The predicted octanol–water partition coefficient (Wildman–Crippen LogP) is 3.87. The summed E-state index contributed by atoms with van der Waals surface area (Å²) in [4.78, 5) is 11.9. The molecule has 0 N–H and O–H groups in total. The van der Waals surface area contributed by atoms with Gasteiger partial charge in [-0.05, 0) is 49.9 Å². The molecule has 3 heteroatoms. The summed E-state index contributed by atoms with van der Waals surface area (Å²) in [5.41, 5.74) is 0.741. The first kappa shape index (κ1) is 12.6. The van der Waals surface area contributed by atoms with Crippen molar-refractivity contribution in [2.24, 2.45) is 0 Å². The lowest BCUT2D eigenvalue weighted by atomic mass is 10.0. The Hall–Kier alpha value is -0.860. The Balaban J connectivity index is 1.82. The maximum Gasteiger partial charge on any atom is 0.162 e. The molecule has 0 spiro atoms. The van der Waals surface area contributed by atoms with Crippen molar-refractivity contribution in [2.75, 3.05) is 6.61 Å². The molecule has 1 aliphatic heterocycles. The number of hydrogen-bond acceptors (Lipinski definition) is 2. The Bertz CT molecular complexity index is 366. The summed E-state index contributed by atoms with van der Waals surface area (Å²) >= 11 is 5.78. The molecule has 1 fully saturated rings. The standard InChI is InChI=1S/C14H17ClO2/c15-12-6-4-11(5-7-12)14(16)9-8-13-3-1-2-10-17-13/h4-7,13H,1-3,8-10H2. The van der Waals surface area contributed by atoms with E-state index in [1.54, 1.807) is 24.3 Å². The van der Waals surface area contributed by atoms with Crippen molar-refractivity contribution < 1.29 is 9.53 Å². The molecule has 1 unspecified atom stereocenters. The maximum absolute atomic E-state index is 11.9.